The second-order valence-corrected chi connectivity index (χ2v) is 5.77. The van der Waals surface area contributed by atoms with Crippen LogP contribution >= 0.6 is 12.2 Å². The molecule has 1 aliphatic rings. The monoisotopic (exact) mass is 337 g/mol. The number of fused-ring (bicyclic) bond motifs is 2. The molecule has 0 amide bonds. The van der Waals surface area contributed by atoms with Crippen LogP contribution in [-0.2, 0) is 0 Å². The maximum Gasteiger partial charge on any atom is 0.259 e. The van der Waals surface area contributed by atoms with Gasteiger partial charge in [0.1, 0.15) is 11.6 Å². The molecule has 1 atom stereocenters. The molecule has 0 radical (unpaired) electrons. The van der Waals surface area contributed by atoms with Crippen molar-refractivity contribution < 1.29 is 4.74 Å². The van der Waals surface area contributed by atoms with Gasteiger partial charge in [-0.15, -0.1) is 0 Å². The molecular formula is C16H11N5O2S. The quantitative estimate of drug-likeness (QED) is 0.507. The summed E-state index contributed by atoms with van der Waals surface area (Å²) < 4.78 is 5.55. The highest BCUT2D eigenvalue weighted by molar-refractivity contribution is 7.71. The smallest absolute Gasteiger partial charge is 0.259 e. The van der Waals surface area contributed by atoms with Crippen molar-refractivity contribution in [1.29, 1.82) is 5.26 Å². The third-order valence-corrected chi connectivity index (χ3v) is 4.26. The van der Waals surface area contributed by atoms with Crippen molar-refractivity contribution in [2.75, 3.05) is 0 Å². The Morgan fingerprint density at radius 1 is 1.29 bits per heavy atom. The highest BCUT2D eigenvalue weighted by Gasteiger charge is 2.35. The molecule has 0 fully saturated rings. The van der Waals surface area contributed by atoms with E-state index in [-0.39, 0.29) is 27.7 Å². The van der Waals surface area contributed by atoms with E-state index in [4.69, 9.17) is 22.7 Å². The molecule has 1 aliphatic heterocycles. The van der Waals surface area contributed by atoms with E-state index >= 15 is 0 Å². The highest BCUT2D eigenvalue weighted by atomic mass is 32.1. The number of aromatic nitrogens is 3. The van der Waals surface area contributed by atoms with Crippen LogP contribution in [0.25, 0.3) is 10.9 Å². The van der Waals surface area contributed by atoms with Crippen molar-refractivity contribution in [3.8, 4) is 11.9 Å². The van der Waals surface area contributed by atoms with Gasteiger partial charge in [-0.05, 0) is 23.8 Å². The fraction of sp³-hybridized carbons (Fsp3) is 0.0625. The van der Waals surface area contributed by atoms with Crippen LogP contribution in [-0.4, -0.2) is 15.0 Å². The predicted octanol–water partition coefficient (Wildman–Crippen LogP) is 2.13. The number of aromatic amines is 3. The first kappa shape index (κ1) is 14.3. The van der Waals surface area contributed by atoms with Crippen LogP contribution in [0.5, 0.6) is 5.88 Å². The topological polar surface area (TPSA) is 123 Å². The van der Waals surface area contributed by atoms with E-state index in [0.29, 0.717) is 0 Å². The number of nitrogens with two attached hydrogens (primary N) is 1. The predicted molar refractivity (Wildman–Crippen MR) is 89.8 cm³/mol. The summed E-state index contributed by atoms with van der Waals surface area (Å²) in [5.41, 5.74) is 7.62. The van der Waals surface area contributed by atoms with Gasteiger partial charge in [0.25, 0.3) is 5.56 Å². The summed E-state index contributed by atoms with van der Waals surface area (Å²) in [6.07, 6.45) is 1.77. The van der Waals surface area contributed by atoms with Gasteiger partial charge in [0.2, 0.25) is 11.8 Å². The Bertz CT molecular complexity index is 1160. The van der Waals surface area contributed by atoms with E-state index in [1.807, 2.05) is 24.3 Å². The van der Waals surface area contributed by atoms with Gasteiger partial charge in [-0.2, -0.15) is 5.26 Å². The van der Waals surface area contributed by atoms with E-state index in [1.54, 1.807) is 6.20 Å². The zero-order valence-electron chi connectivity index (χ0n) is 12.2. The molecule has 24 heavy (non-hydrogen) atoms. The van der Waals surface area contributed by atoms with Crippen LogP contribution in [0.3, 0.4) is 0 Å². The normalized spacial score (nSPS) is 16.5. The summed E-state index contributed by atoms with van der Waals surface area (Å²) in [4.78, 5) is 21.0. The van der Waals surface area contributed by atoms with Gasteiger partial charge in [0.15, 0.2) is 4.77 Å². The number of allylic oxidation sites excluding steroid dienone is 1. The zero-order chi connectivity index (χ0) is 16.8. The lowest BCUT2D eigenvalue weighted by atomic mass is 9.85. The minimum Gasteiger partial charge on any atom is -0.424 e. The van der Waals surface area contributed by atoms with Crippen molar-refractivity contribution in [3.05, 3.63) is 68.2 Å². The van der Waals surface area contributed by atoms with Crippen molar-refractivity contribution in [1.82, 2.24) is 15.0 Å². The van der Waals surface area contributed by atoms with Gasteiger partial charge < -0.3 is 20.4 Å². The fourth-order valence-electron chi connectivity index (χ4n) is 3.03. The lowest BCUT2D eigenvalue weighted by Crippen LogP contribution is -2.28. The van der Waals surface area contributed by atoms with Gasteiger partial charge >= 0.3 is 0 Å². The molecule has 0 bridgehead atoms. The number of ether oxygens (including phenoxy) is 1. The first-order chi connectivity index (χ1) is 11.6. The third kappa shape index (κ3) is 1.96. The minimum atomic E-state index is -0.648. The average Bonchev–Trinajstić information content (AvgIpc) is 2.97. The molecule has 2 aromatic heterocycles. The van der Waals surface area contributed by atoms with Gasteiger partial charge in [-0.1, -0.05) is 18.2 Å². The number of H-pyrrole nitrogens is 3. The number of nitrogens with zero attached hydrogens (tertiary/aromatic N) is 1. The molecule has 3 heterocycles. The molecule has 0 saturated heterocycles. The second kappa shape index (κ2) is 5.11. The standard InChI is InChI=1S/C16H11N5O2S/c17-5-8-11(9-6-19-10-4-2-1-3-7(9)10)12-14(22)20-16(24)21-15(12)23-13(8)18/h1-4,6,11,19H,18H2,(H2,20,21,22,24). The van der Waals surface area contributed by atoms with Crippen LogP contribution in [0.1, 0.15) is 17.0 Å². The Morgan fingerprint density at radius 2 is 2.08 bits per heavy atom. The van der Waals surface area contributed by atoms with Gasteiger partial charge in [-0.25, -0.2) is 0 Å². The Hall–Kier alpha value is -3.31. The number of nitriles is 1. The Morgan fingerprint density at radius 3 is 2.88 bits per heavy atom. The first-order valence-corrected chi connectivity index (χ1v) is 7.51. The van der Waals surface area contributed by atoms with E-state index in [9.17, 15) is 10.1 Å². The first-order valence-electron chi connectivity index (χ1n) is 7.10. The van der Waals surface area contributed by atoms with Crippen LogP contribution in [0.15, 0.2) is 46.7 Å². The van der Waals surface area contributed by atoms with Crippen molar-refractivity contribution in [3.63, 3.8) is 0 Å². The number of para-hydroxylation sites is 1. The summed E-state index contributed by atoms with van der Waals surface area (Å²) >= 11 is 4.98. The molecule has 3 aromatic rings. The summed E-state index contributed by atoms with van der Waals surface area (Å²) in [6.45, 7) is 0. The fourth-order valence-corrected chi connectivity index (χ4v) is 3.22. The maximum atomic E-state index is 12.5. The Labute approximate surface area is 140 Å². The van der Waals surface area contributed by atoms with E-state index in [0.717, 1.165) is 16.5 Å². The molecule has 0 aliphatic carbocycles. The third-order valence-electron chi connectivity index (χ3n) is 4.05. The number of hydrogen-bond acceptors (Lipinski definition) is 5. The van der Waals surface area contributed by atoms with Crippen LogP contribution < -0.4 is 16.0 Å². The lowest BCUT2D eigenvalue weighted by Gasteiger charge is -2.24. The molecule has 1 unspecified atom stereocenters. The van der Waals surface area contributed by atoms with Gasteiger partial charge in [-0.3, -0.25) is 9.78 Å². The molecule has 0 saturated carbocycles. The van der Waals surface area contributed by atoms with E-state index in [2.05, 4.69) is 21.0 Å². The lowest BCUT2D eigenvalue weighted by molar-refractivity contribution is 0.374. The molecule has 1 aromatic carbocycles. The van der Waals surface area contributed by atoms with E-state index < -0.39 is 11.5 Å². The van der Waals surface area contributed by atoms with Crippen LogP contribution in [0.2, 0.25) is 0 Å². The van der Waals surface area contributed by atoms with Crippen molar-refractivity contribution in [2.45, 2.75) is 5.92 Å². The van der Waals surface area contributed by atoms with E-state index in [1.165, 1.54) is 0 Å². The maximum absolute atomic E-state index is 12.5. The number of nitrogens with one attached hydrogen (secondary N) is 3. The van der Waals surface area contributed by atoms with Crippen LogP contribution in [0.4, 0.5) is 0 Å². The molecule has 118 valence electrons. The van der Waals surface area contributed by atoms with Crippen molar-refractivity contribution >= 4 is 23.1 Å². The molecule has 4 rings (SSSR count). The summed E-state index contributed by atoms with van der Waals surface area (Å²) in [7, 11) is 0. The van der Waals surface area contributed by atoms with Gasteiger partial charge in [0, 0.05) is 17.1 Å². The second-order valence-electron chi connectivity index (χ2n) is 5.37. The molecule has 5 N–H and O–H groups in total. The summed E-state index contributed by atoms with van der Waals surface area (Å²) in [5, 5.41) is 10.5. The van der Waals surface area contributed by atoms with Crippen LogP contribution in [0, 0.1) is 16.1 Å². The summed E-state index contributed by atoms with van der Waals surface area (Å²) in [5.74, 6) is -0.530. The largest absolute Gasteiger partial charge is 0.424 e. The Balaban J connectivity index is 2.09. The minimum absolute atomic E-state index is 0.0449. The Kier molecular flexibility index (Phi) is 3.04. The number of rotatable bonds is 1. The summed E-state index contributed by atoms with van der Waals surface area (Å²) in [6, 6.07) is 9.69. The van der Waals surface area contributed by atoms with Crippen molar-refractivity contribution in [2.24, 2.45) is 5.73 Å². The number of hydrogen-bond donors (Lipinski definition) is 4. The number of benzene rings is 1. The molecular weight excluding hydrogens is 326 g/mol. The van der Waals surface area contributed by atoms with Gasteiger partial charge in [0.05, 0.1) is 11.5 Å². The zero-order valence-corrected chi connectivity index (χ0v) is 13.0. The SMILES string of the molecule is N#CC1=C(N)Oc2[nH]c(=S)[nH]c(=O)c2C1c1c[nH]c2ccccc12. The highest BCUT2D eigenvalue weighted by Crippen LogP contribution is 2.41. The molecule has 8 heteroatoms. The molecule has 7 nitrogen and oxygen atoms in total. The average molecular weight is 337 g/mol. The molecule has 0 spiro atoms.